The van der Waals surface area contributed by atoms with Crippen LogP contribution < -0.4 is 5.32 Å². The minimum atomic E-state index is -0.237. The van der Waals surface area contributed by atoms with Gasteiger partial charge in [-0.3, -0.25) is 4.79 Å². The van der Waals surface area contributed by atoms with Crippen molar-refractivity contribution in [3.05, 3.63) is 72.8 Å². The molecule has 0 saturated carbocycles. The van der Waals surface area contributed by atoms with Gasteiger partial charge in [-0.05, 0) is 17.7 Å². The van der Waals surface area contributed by atoms with E-state index in [1.165, 1.54) is 18.5 Å². The SMILES string of the molecule is O=C(/C=C/c1ccccc1)Nc1cnc(-n2cccn2)nc1. The average molecular weight is 291 g/mol. The molecule has 3 aromatic rings. The molecule has 0 aliphatic heterocycles. The zero-order chi connectivity index (χ0) is 15.2. The molecule has 6 heteroatoms. The van der Waals surface area contributed by atoms with Crippen molar-refractivity contribution in [2.45, 2.75) is 0 Å². The van der Waals surface area contributed by atoms with E-state index < -0.39 is 0 Å². The molecule has 1 amide bonds. The van der Waals surface area contributed by atoms with Crippen LogP contribution in [0.4, 0.5) is 5.69 Å². The highest BCUT2D eigenvalue weighted by atomic mass is 16.1. The van der Waals surface area contributed by atoms with Crippen molar-refractivity contribution in [3.63, 3.8) is 0 Å². The van der Waals surface area contributed by atoms with Gasteiger partial charge in [-0.2, -0.15) is 5.10 Å². The van der Waals surface area contributed by atoms with Crippen molar-refractivity contribution in [1.29, 1.82) is 0 Å². The number of hydrogen-bond donors (Lipinski definition) is 1. The summed E-state index contributed by atoms with van der Waals surface area (Å²) in [5.41, 5.74) is 1.49. The molecule has 3 rings (SSSR count). The zero-order valence-corrected chi connectivity index (χ0v) is 11.6. The Morgan fingerprint density at radius 1 is 1.09 bits per heavy atom. The molecule has 0 saturated heterocycles. The monoisotopic (exact) mass is 291 g/mol. The maximum Gasteiger partial charge on any atom is 0.250 e. The Balaban J connectivity index is 1.63. The zero-order valence-electron chi connectivity index (χ0n) is 11.6. The van der Waals surface area contributed by atoms with E-state index in [1.807, 2.05) is 30.3 Å². The van der Waals surface area contributed by atoms with Gasteiger partial charge < -0.3 is 5.32 Å². The fourth-order valence-corrected chi connectivity index (χ4v) is 1.81. The maximum atomic E-state index is 11.8. The molecule has 1 N–H and O–H groups in total. The van der Waals surface area contributed by atoms with Crippen molar-refractivity contribution < 1.29 is 4.79 Å². The Morgan fingerprint density at radius 3 is 2.55 bits per heavy atom. The van der Waals surface area contributed by atoms with Gasteiger partial charge in [0.15, 0.2) is 0 Å². The van der Waals surface area contributed by atoms with Crippen LogP contribution in [0.3, 0.4) is 0 Å². The summed E-state index contributed by atoms with van der Waals surface area (Å²) in [5, 5.41) is 6.74. The van der Waals surface area contributed by atoms with Gasteiger partial charge in [0.2, 0.25) is 5.91 Å². The van der Waals surface area contributed by atoms with Crippen molar-refractivity contribution in [1.82, 2.24) is 19.7 Å². The Labute approximate surface area is 127 Å². The third-order valence-corrected chi connectivity index (χ3v) is 2.84. The number of nitrogens with zero attached hydrogens (tertiary/aromatic N) is 4. The summed E-state index contributed by atoms with van der Waals surface area (Å²) < 4.78 is 1.54. The second kappa shape index (κ2) is 6.45. The quantitative estimate of drug-likeness (QED) is 0.749. The molecule has 108 valence electrons. The summed E-state index contributed by atoms with van der Waals surface area (Å²) >= 11 is 0. The average Bonchev–Trinajstić information content (AvgIpc) is 3.09. The summed E-state index contributed by atoms with van der Waals surface area (Å²) in [6.07, 6.45) is 9.69. The second-order valence-electron chi connectivity index (χ2n) is 4.46. The number of amides is 1. The van der Waals surface area contributed by atoms with E-state index >= 15 is 0 Å². The molecule has 0 bridgehead atoms. The maximum absolute atomic E-state index is 11.8. The summed E-state index contributed by atoms with van der Waals surface area (Å²) in [6.45, 7) is 0. The Kier molecular flexibility index (Phi) is 4.01. The highest BCUT2D eigenvalue weighted by Crippen LogP contribution is 2.06. The molecule has 2 aromatic heterocycles. The number of carbonyl (C=O) groups excluding carboxylic acids is 1. The van der Waals surface area contributed by atoms with Crippen LogP contribution in [0.25, 0.3) is 12.0 Å². The number of anilines is 1. The van der Waals surface area contributed by atoms with E-state index in [-0.39, 0.29) is 5.91 Å². The van der Waals surface area contributed by atoms with Crippen molar-refractivity contribution in [3.8, 4) is 5.95 Å². The standard InChI is InChI=1S/C16H13N5O/c22-15(8-7-13-5-2-1-3-6-13)20-14-11-17-16(18-12-14)21-10-4-9-19-21/h1-12H,(H,20,22)/b8-7+. The molecule has 0 radical (unpaired) electrons. The largest absolute Gasteiger partial charge is 0.320 e. The predicted octanol–water partition coefficient (Wildman–Crippen LogP) is 2.31. The van der Waals surface area contributed by atoms with E-state index in [1.54, 1.807) is 29.2 Å². The molecule has 0 aliphatic rings. The highest BCUT2D eigenvalue weighted by Gasteiger charge is 2.02. The van der Waals surface area contributed by atoms with Crippen LogP contribution in [0.15, 0.2) is 67.3 Å². The van der Waals surface area contributed by atoms with Crippen LogP contribution in [-0.4, -0.2) is 25.7 Å². The number of benzene rings is 1. The molecule has 0 fully saturated rings. The van der Waals surface area contributed by atoms with E-state index in [0.29, 0.717) is 11.6 Å². The molecule has 0 atom stereocenters. The van der Waals surface area contributed by atoms with E-state index in [0.717, 1.165) is 5.56 Å². The minimum Gasteiger partial charge on any atom is -0.320 e. The smallest absolute Gasteiger partial charge is 0.250 e. The molecular formula is C16H13N5O. The van der Waals surface area contributed by atoms with Crippen LogP contribution in [0, 0.1) is 0 Å². The third kappa shape index (κ3) is 3.43. The summed E-state index contributed by atoms with van der Waals surface area (Å²) in [5.74, 6) is 0.210. The van der Waals surface area contributed by atoms with Gasteiger partial charge in [0, 0.05) is 18.5 Å². The fraction of sp³-hybridized carbons (Fsp3) is 0. The topological polar surface area (TPSA) is 72.7 Å². The Morgan fingerprint density at radius 2 is 1.86 bits per heavy atom. The van der Waals surface area contributed by atoms with Crippen LogP contribution >= 0.6 is 0 Å². The normalized spacial score (nSPS) is 10.7. The molecular weight excluding hydrogens is 278 g/mol. The first-order valence-corrected chi connectivity index (χ1v) is 6.67. The van der Waals surface area contributed by atoms with Crippen LogP contribution in [-0.2, 0) is 4.79 Å². The van der Waals surface area contributed by atoms with Gasteiger partial charge in [-0.25, -0.2) is 14.6 Å². The lowest BCUT2D eigenvalue weighted by molar-refractivity contribution is -0.111. The lowest BCUT2D eigenvalue weighted by atomic mass is 10.2. The molecule has 0 unspecified atom stereocenters. The summed E-state index contributed by atoms with van der Waals surface area (Å²) in [6, 6.07) is 11.4. The predicted molar refractivity (Wildman–Crippen MR) is 83.3 cm³/mol. The number of carbonyl (C=O) groups is 1. The fourth-order valence-electron chi connectivity index (χ4n) is 1.81. The number of nitrogens with one attached hydrogen (secondary N) is 1. The lowest BCUT2D eigenvalue weighted by Crippen LogP contribution is -2.09. The van der Waals surface area contributed by atoms with Crippen LogP contribution in [0.5, 0.6) is 0 Å². The first-order chi connectivity index (χ1) is 10.8. The van der Waals surface area contributed by atoms with Crippen molar-refractivity contribution in [2.75, 3.05) is 5.32 Å². The van der Waals surface area contributed by atoms with Crippen molar-refractivity contribution >= 4 is 17.7 Å². The van der Waals surface area contributed by atoms with Gasteiger partial charge >= 0.3 is 0 Å². The Hall–Kier alpha value is -3.28. The minimum absolute atomic E-state index is 0.237. The van der Waals surface area contributed by atoms with Crippen molar-refractivity contribution in [2.24, 2.45) is 0 Å². The Bertz CT molecular complexity index is 764. The third-order valence-electron chi connectivity index (χ3n) is 2.84. The molecule has 0 aliphatic carbocycles. The van der Waals surface area contributed by atoms with Gasteiger partial charge in [-0.15, -0.1) is 0 Å². The van der Waals surface area contributed by atoms with Crippen LogP contribution in [0.1, 0.15) is 5.56 Å². The number of aromatic nitrogens is 4. The second-order valence-corrected chi connectivity index (χ2v) is 4.46. The summed E-state index contributed by atoms with van der Waals surface area (Å²) in [7, 11) is 0. The summed E-state index contributed by atoms with van der Waals surface area (Å²) in [4.78, 5) is 20.1. The molecule has 6 nitrogen and oxygen atoms in total. The molecule has 1 aromatic carbocycles. The molecule has 2 heterocycles. The molecule has 0 spiro atoms. The van der Waals surface area contributed by atoms with Gasteiger partial charge in [0.25, 0.3) is 5.95 Å². The van der Waals surface area contributed by atoms with Crippen LogP contribution in [0.2, 0.25) is 0 Å². The first-order valence-electron chi connectivity index (χ1n) is 6.67. The van der Waals surface area contributed by atoms with Gasteiger partial charge in [0.05, 0.1) is 18.1 Å². The van der Waals surface area contributed by atoms with E-state index in [4.69, 9.17) is 0 Å². The van der Waals surface area contributed by atoms with E-state index in [9.17, 15) is 4.79 Å². The number of hydrogen-bond acceptors (Lipinski definition) is 4. The highest BCUT2D eigenvalue weighted by molar-refractivity contribution is 6.01. The van der Waals surface area contributed by atoms with Gasteiger partial charge in [0.1, 0.15) is 0 Å². The molecule has 22 heavy (non-hydrogen) atoms. The number of rotatable bonds is 4. The first kappa shape index (κ1) is 13.7. The lowest BCUT2D eigenvalue weighted by Gasteiger charge is -2.03. The van der Waals surface area contributed by atoms with E-state index in [2.05, 4.69) is 20.4 Å². The van der Waals surface area contributed by atoms with Gasteiger partial charge in [-0.1, -0.05) is 30.3 Å².